The summed E-state index contributed by atoms with van der Waals surface area (Å²) in [5.41, 5.74) is 0.277. The molecule has 1 aromatic carbocycles. The zero-order valence-electron chi connectivity index (χ0n) is 10.7. The zero-order valence-corrected chi connectivity index (χ0v) is 10.7. The molecule has 0 saturated heterocycles. The van der Waals surface area contributed by atoms with Gasteiger partial charge in [-0.3, -0.25) is 0 Å². The fraction of sp³-hybridized carbons (Fsp3) is 0.533. The quantitative estimate of drug-likeness (QED) is 0.811. The van der Waals surface area contributed by atoms with Crippen molar-refractivity contribution >= 4 is 0 Å². The van der Waals surface area contributed by atoms with Crippen molar-refractivity contribution in [1.82, 2.24) is 0 Å². The van der Waals surface area contributed by atoms with E-state index in [0.717, 1.165) is 5.92 Å². The summed E-state index contributed by atoms with van der Waals surface area (Å²) >= 11 is 0. The minimum absolute atomic E-state index is 0.277. The second-order valence-electron chi connectivity index (χ2n) is 5.20. The Morgan fingerprint density at radius 2 is 2.28 bits per heavy atom. The number of nitrogens with zero attached hydrogens (tertiary/aromatic N) is 1. The Kier molecular flexibility index (Phi) is 4.19. The van der Waals surface area contributed by atoms with Gasteiger partial charge in [-0.1, -0.05) is 19.8 Å². The lowest BCUT2D eigenvalue weighted by Gasteiger charge is -2.26. The lowest BCUT2D eigenvalue weighted by molar-refractivity contribution is 0.182. The van der Waals surface area contributed by atoms with Crippen molar-refractivity contribution < 1.29 is 9.13 Å². The van der Waals surface area contributed by atoms with Crippen LogP contribution in [-0.4, -0.2) is 6.61 Å². The molecule has 2 rings (SSSR count). The number of halogens is 1. The van der Waals surface area contributed by atoms with E-state index in [9.17, 15) is 4.39 Å². The van der Waals surface area contributed by atoms with Crippen molar-refractivity contribution in [2.24, 2.45) is 11.8 Å². The second-order valence-corrected chi connectivity index (χ2v) is 5.20. The number of hydrogen-bond donors (Lipinski definition) is 0. The molecule has 1 aliphatic rings. The third kappa shape index (κ3) is 3.22. The average Bonchev–Trinajstić information content (AvgIpc) is 2.37. The van der Waals surface area contributed by atoms with Crippen LogP contribution in [0, 0.1) is 29.0 Å². The van der Waals surface area contributed by atoms with Gasteiger partial charge in [-0.15, -0.1) is 0 Å². The highest BCUT2D eigenvalue weighted by molar-refractivity contribution is 5.43. The van der Waals surface area contributed by atoms with Gasteiger partial charge in [-0.05, 0) is 42.9 Å². The highest BCUT2D eigenvalue weighted by Gasteiger charge is 2.19. The van der Waals surface area contributed by atoms with E-state index >= 15 is 0 Å². The average molecular weight is 247 g/mol. The number of nitriles is 1. The summed E-state index contributed by atoms with van der Waals surface area (Å²) in [6, 6.07) is 6.06. The molecule has 2 atom stereocenters. The smallest absolute Gasteiger partial charge is 0.137 e. The maximum Gasteiger partial charge on any atom is 0.137 e. The van der Waals surface area contributed by atoms with Crippen molar-refractivity contribution in [3.05, 3.63) is 29.6 Å². The monoisotopic (exact) mass is 247 g/mol. The van der Waals surface area contributed by atoms with Gasteiger partial charge in [0.05, 0.1) is 12.2 Å². The summed E-state index contributed by atoms with van der Waals surface area (Å²) in [6.45, 7) is 2.90. The van der Waals surface area contributed by atoms with Crippen LogP contribution in [0.1, 0.15) is 38.2 Å². The van der Waals surface area contributed by atoms with Crippen LogP contribution in [0.3, 0.4) is 0 Å². The predicted molar refractivity (Wildman–Crippen MR) is 67.7 cm³/mol. The van der Waals surface area contributed by atoms with Gasteiger partial charge in [0.25, 0.3) is 0 Å². The fourth-order valence-electron chi connectivity index (χ4n) is 2.63. The molecule has 96 valence electrons. The normalized spacial score (nSPS) is 23.4. The molecule has 0 N–H and O–H groups in total. The number of hydrogen-bond acceptors (Lipinski definition) is 2. The molecule has 0 aliphatic heterocycles. The van der Waals surface area contributed by atoms with E-state index in [4.69, 9.17) is 10.00 Å². The van der Waals surface area contributed by atoms with Gasteiger partial charge in [-0.25, -0.2) is 4.39 Å². The van der Waals surface area contributed by atoms with Crippen LogP contribution < -0.4 is 4.74 Å². The van der Waals surface area contributed by atoms with Crippen LogP contribution in [0.25, 0.3) is 0 Å². The van der Waals surface area contributed by atoms with E-state index in [-0.39, 0.29) is 5.56 Å². The molecule has 1 aliphatic carbocycles. The van der Waals surface area contributed by atoms with E-state index in [1.165, 1.54) is 37.8 Å². The SMILES string of the molecule is CC1CCCC(COc2ccc(F)cc2C#N)C1. The van der Waals surface area contributed by atoms with Gasteiger partial charge in [0.1, 0.15) is 17.6 Å². The molecule has 3 heteroatoms. The van der Waals surface area contributed by atoms with Gasteiger partial charge < -0.3 is 4.74 Å². The molecule has 0 radical (unpaired) electrons. The Bertz CT molecular complexity index is 452. The largest absolute Gasteiger partial charge is 0.492 e. The molecule has 2 nitrogen and oxygen atoms in total. The lowest BCUT2D eigenvalue weighted by atomic mass is 9.83. The van der Waals surface area contributed by atoms with Crippen molar-refractivity contribution in [3.8, 4) is 11.8 Å². The van der Waals surface area contributed by atoms with Crippen LogP contribution in [0.2, 0.25) is 0 Å². The maximum atomic E-state index is 13.0. The predicted octanol–water partition coefficient (Wildman–Crippen LogP) is 3.90. The van der Waals surface area contributed by atoms with E-state index in [0.29, 0.717) is 18.3 Å². The van der Waals surface area contributed by atoms with Crippen LogP contribution in [-0.2, 0) is 0 Å². The molecule has 0 heterocycles. The van der Waals surface area contributed by atoms with E-state index in [1.54, 1.807) is 6.07 Å². The number of ether oxygens (including phenoxy) is 1. The van der Waals surface area contributed by atoms with Gasteiger partial charge in [0, 0.05) is 0 Å². The van der Waals surface area contributed by atoms with Crippen molar-refractivity contribution in [3.63, 3.8) is 0 Å². The van der Waals surface area contributed by atoms with Crippen LogP contribution in [0.4, 0.5) is 4.39 Å². The number of rotatable bonds is 3. The first-order valence-corrected chi connectivity index (χ1v) is 6.51. The summed E-state index contributed by atoms with van der Waals surface area (Å²) in [5.74, 6) is 1.42. The Labute approximate surface area is 107 Å². The molecule has 0 spiro atoms. The third-order valence-electron chi connectivity index (χ3n) is 3.58. The maximum absolute atomic E-state index is 13.0. The first-order chi connectivity index (χ1) is 8.69. The minimum Gasteiger partial charge on any atom is -0.492 e. The minimum atomic E-state index is -0.398. The van der Waals surface area contributed by atoms with E-state index < -0.39 is 5.82 Å². The van der Waals surface area contributed by atoms with Crippen molar-refractivity contribution in [2.75, 3.05) is 6.61 Å². The fourth-order valence-corrected chi connectivity index (χ4v) is 2.63. The molecule has 2 unspecified atom stereocenters. The molecule has 0 amide bonds. The summed E-state index contributed by atoms with van der Waals surface area (Å²) in [5, 5.41) is 8.93. The summed E-state index contributed by atoms with van der Waals surface area (Å²) in [4.78, 5) is 0. The third-order valence-corrected chi connectivity index (χ3v) is 3.58. The van der Waals surface area contributed by atoms with Crippen molar-refractivity contribution in [1.29, 1.82) is 5.26 Å². The van der Waals surface area contributed by atoms with Gasteiger partial charge in [0.2, 0.25) is 0 Å². The Morgan fingerprint density at radius 1 is 1.44 bits per heavy atom. The second kappa shape index (κ2) is 5.86. The number of benzene rings is 1. The molecule has 1 saturated carbocycles. The summed E-state index contributed by atoms with van der Waals surface area (Å²) < 4.78 is 18.7. The van der Waals surface area contributed by atoms with Crippen LogP contribution in [0.15, 0.2) is 18.2 Å². The highest BCUT2D eigenvalue weighted by atomic mass is 19.1. The first kappa shape index (κ1) is 12.9. The summed E-state index contributed by atoms with van der Waals surface area (Å²) in [6.07, 6.45) is 4.93. The van der Waals surface area contributed by atoms with Crippen LogP contribution in [0.5, 0.6) is 5.75 Å². The van der Waals surface area contributed by atoms with Crippen LogP contribution >= 0.6 is 0 Å². The topological polar surface area (TPSA) is 33.0 Å². The van der Waals surface area contributed by atoms with Gasteiger partial charge >= 0.3 is 0 Å². The lowest BCUT2D eigenvalue weighted by Crippen LogP contribution is -2.19. The Balaban J connectivity index is 1.96. The molecule has 1 aromatic rings. The standard InChI is InChI=1S/C15H18FNO/c1-11-3-2-4-12(7-11)10-18-15-6-5-14(16)8-13(15)9-17/h5-6,8,11-12H,2-4,7,10H2,1H3. The van der Waals surface area contributed by atoms with E-state index in [1.807, 2.05) is 6.07 Å². The van der Waals surface area contributed by atoms with E-state index in [2.05, 4.69) is 6.92 Å². The Morgan fingerprint density at radius 3 is 3.00 bits per heavy atom. The molecule has 0 aromatic heterocycles. The molecule has 0 bridgehead atoms. The summed E-state index contributed by atoms with van der Waals surface area (Å²) in [7, 11) is 0. The molecular weight excluding hydrogens is 229 g/mol. The molecular formula is C15H18FNO. The molecule has 1 fully saturated rings. The first-order valence-electron chi connectivity index (χ1n) is 6.51. The highest BCUT2D eigenvalue weighted by Crippen LogP contribution is 2.29. The van der Waals surface area contributed by atoms with Gasteiger partial charge in [-0.2, -0.15) is 5.26 Å². The zero-order chi connectivity index (χ0) is 13.0. The van der Waals surface area contributed by atoms with Crippen molar-refractivity contribution in [2.45, 2.75) is 32.6 Å². The van der Waals surface area contributed by atoms with Gasteiger partial charge in [0.15, 0.2) is 0 Å². The Hall–Kier alpha value is -1.56. The molecule has 18 heavy (non-hydrogen) atoms.